The molecule has 1 heterocycles. The van der Waals surface area contributed by atoms with Gasteiger partial charge in [0.1, 0.15) is 0 Å². The number of carbonyl (C=O) groups excluding carboxylic acids is 1. The summed E-state index contributed by atoms with van der Waals surface area (Å²) in [5, 5.41) is 10.8. The topological polar surface area (TPSA) is 40.5 Å². The van der Waals surface area contributed by atoms with Gasteiger partial charge in [-0.25, -0.2) is 0 Å². The second-order valence-electron chi connectivity index (χ2n) is 8.30. The van der Waals surface area contributed by atoms with Crippen LogP contribution in [-0.2, 0) is 4.79 Å². The van der Waals surface area contributed by atoms with Crippen LogP contribution in [0.1, 0.15) is 58.3 Å². The maximum atomic E-state index is 12.8. The van der Waals surface area contributed by atoms with E-state index in [1.54, 1.807) is 0 Å². The highest BCUT2D eigenvalue weighted by molar-refractivity contribution is 5.79. The molecule has 3 nitrogen and oxygen atoms in total. The van der Waals surface area contributed by atoms with Crippen LogP contribution in [-0.4, -0.2) is 34.6 Å². The Labute approximate surface area is 121 Å². The molecule has 3 unspecified atom stereocenters. The zero-order valence-corrected chi connectivity index (χ0v) is 12.6. The van der Waals surface area contributed by atoms with Crippen molar-refractivity contribution in [1.29, 1.82) is 0 Å². The zero-order valence-electron chi connectivity index (χ0n) is 12.6. The molecular formula is C17H27NO2. The van der Waals surface area contributed by atoms with E-state index in [1.165, 1.54) is 32.1 Å². The average molecular weight is 277 g/mol. The molecule has 5 aliphatic rings. The van der Waals surface area contributed by atoms with E-state index in [4.69, 9.17) is 0 Å². The maximum absolute atomic E-state index is 12.8. The van der Waals surface area contributed by atoms with Gasteiger partial charge in [-0.3, -0.25) is 4.79 Å². The standard InChI is InChI=1S/C17H27NO2/c1-12(15(19)18-4-2-3-5-18)16-7-13-6-14(8-16)10-17(20,9-13)11-16/h12-14,20H,2-11H2,1H3. The van der Waals surface area contributed by atoms with Gasteiger partial charge in [0.25, 0.3) is 0 Å². The highest BCUT2D eigenvalue weighted by Crippen LogP contribution is 2.64. The van der Waals surface area contributed by atoms with E-state index < -0.39 is 5.60 Å². The number of hydrogen-bond donors (Lipinski definition) is 1. The third-order valence-electron chi connectivity index (χ3n) is 6.78. The molecule has 3 atom stereocenters. The predicted molar refractivity (Wildman–Crippen MR) is 77.0 cm³/mol. The molecule has 0 aromatic carbocycles. The molecule has 4 bridgehead atoms. The SMILES string of the molecule is CC(C(=O)N1CCCC1)C12CC3CC(CC(O)(C3)C1)C2. The lowest BCUT2D eigenvalue weighted by atomic mass is 9.45. The predicted octanol–water partition coefficient (Wildman–Crippen LogP) is 2.58. The second kappa shape index (κ2) is 4.22. The molecule has 112 valence electrons. The van der Waals surface area contributed by atoms with Crippen molar-refractivity contribution >= 4 is 5.91 Å². The molecule has 1 aliphatic heterocycles. The molecule has 0 aromatic heterocycles. The summed E-state index contributed by atoms with van der Waals surface area (Å²) in [5.41, 5.74) is -0.331. The monoisotopic (exact) mass is 277 g/mol. The van der Waals surface area contributed by atoms with Gasteiger partial charge in [0.15, 0.2) is 0 Å². The van der Waals surface area contributed by atoms with E-state index in [0.717, 1.165) is 32.4 Å². The molecule has 0 aromatic rings. The van der Waals surface area contributed by atoms with E-state index in [2.05, 4.69) is 11.8 Å². The van der Waals surface area contributed by atoms with Gasteiger partial charge in [-0.2, -0.15) is 0 Å². The Kier molecular flexibility index (Phi) is 2.77. The largest absolute Gasteiger partial charge is 0.390 e. The van der Waals surface area contributed by atoms with E-state index >= 15 is 0 Å². The fourth-order valence-corrected chi connectivity index (χ4v) is 6.26. The molecule has 5 fully saturated rings. The summed E-state index contributed by atoms with van der Waals surface area (Å²) in [6.07, 6.45) is 8.88. The van der Waals surface area contributed by atoms with E-state index in [1.807, 2.05) is 0 Å². The van der Waals surface area contributed by atoms with E-state index in [-0.39, 0.29) is 11.3 Å². The fourth-order valence-electron chi connectivity index (χ4n) is 6.26. The van der Waals surface area contributed by atoms with Gasteiger partial charge in [-0.05, 0) is 68.6 Å². The molecule has 1 saturated heterocycles. The van der Waals surface area contributed by atoms with E-state index in [9.17, 15) is 9.90 Å². The first kappa shape index (κ1) is 13.1. The molecule has 20 heavy (non-hydrogen) atoms. The molecule has 0 radical (unpaired) electrons. The number of aliphatic hydroxyl groups is 1. The lowest BCUT2D eigenvalue weighted by molar-refractivity contribution is -0.185. The normalized spacial score (nSPS) is 47.8. The number of likely N-dealkylation sites (tertiary alicyclic amines) is 1. The van der Waals surface area contributed by atoms with Crippen molar-refractivity contribution in [2.45, 2.75) is 63.9 Å². The van der Waals surface area contributed by atoms with Crippen molar-refractivity contribution < 1.29 is 9.90 Å². The van der Waals surface area contributed by atoms with Crippen molar-refractivity contribution in [2.24, 2.45) is 23.2 Å². The minimum atomic E-state index is -0.441. The molecule has 4 aliphatic carbocycles. The van der Waals surface area contributed by atoms with Crippen molar-refractivity contribution in [2.75, 3.05) is 13.1 Å². The van der Waals surface area contributed by atoms with Crippen molar-refractivity contribution in [3.8, 4) is 0 Å². The first-order chi connectivity index (χ1) is 9.50. The summed E-state index contributed by atoms with van der Waals surface area (Å²) < 4.78 is 0. The molecule has 3 heteroatoms. The number of hydrogen-bond acceptors (Lipinski definition) is 2. The van der Waals surface area contributed by atoms with Gasteiger partial charge in [0.2, 0.25) is 5.91 Å². The zero-order chi connectivity index (χ0) is 14.0. The number of amides is 1. The molecule has 1 amide bonds. The van der Waals surface area contributed by atoms with Crippen LogP contribution in [0.25, 0.3) is 0 Å². The molecular weight excluding hydrogens is 250 g/mol. The summed E-state index contributed by atoms with van der Waals surface area (Å²) in [7, 11) is 0. The summed E-state index contributed by atoms with van der Waals surface area (Å²) >= 11 is 0. The molecule has 0 spiro atoms. The van der Waals surface area contributed by atoms with Crippen LogP contribution in [0.4, 0.5) is 0 Å². The first-order valence-corrected chi connectivity index (χ1v) is 8.51. The van der Waals surface area contributed by atoms with Crippen molar-refractivity contribution in [3.05, 3.63) is 0 Å². The molecule has 4 saturated carbocycles. The number of carbonyl (C=O) groups is 1. The van der Waals surface area contributed by atoms with Gasteiger partial charge in [-0.1, -0.05) is 6.92 Å². The van der Waals surface area contributed by atoms with Crippen molar-refractivity contribution in [1.82, 2.24) is 4.90 Å². The molecule has 5 rings (SSSR count). The van der Waals surface area contributed by atoms with Crippen molar-refractivity contribution in [3.63, 3.8) is 0 Å². The lowest BCUT2D eigenvalue weighted by Gasteiger charge is -2.62. The Balaban J connectivity index is 1.59. The molecule has 1 N–H and O–H groups in total. The van der Waals surface area contributed by atoms with Gasteiger partial charge < -0.3 is 10.0 Å². The van der Waals surface area contributed by atoms with Crippen LogP contribution >= 0.6 is 0 Å². The lowest BCUT2D eigenvalue weighted by Crippen LogP contribution is -2.59. The summed E-state index contributed by atoms with van der Waals surface area (Å²) in [5.74, 6) is 1.83. The summed E-state index contributed by atoms with van der Waals surface area (Å²) in [6, 6.07) is 0. The minimum absolute atomic E-state index is 0.109. The van der Waals surface area contributed by atoms with Gasteiger partial charge in [-0.15, -0.1) is 0 Å². The van der Waals surface area contributed by atoms with Gasteiger partial charge in [0.05, 0.1) is 5.60 Å². The summed E-state index contributed by atoms with van der Waals surface area (Å²) in [6.45, 7) is 4.06. The quantitative estimate of drug-likeness (QED) is 0.843. The van der Waals surface area contributed by atoms with Crippen LogP contribution < -0.4 is 0 Å². The third kappa shape index (κ3) is 1.85. The Morgan fingerprint density at radius 3 is 2.30 bits per heavy atom. The number of nitrogens with zero attached hydrogens (tertiary/aromatic N) is 1. The van der Waals surface area contributed by atoms with Crippen LogP contribution in [0.2, 0.25) is 0 Å². The highest BCUT2D eigenvalue weighted by atomic mass is 16.3. The third-order valence-corrected chi connectivity index (χ3v) is 6.78. The Bertz CT molecular complexity index is 413. The fraction of sp³-hybridized carbons (Fsp3) is 0.941. The van der Waals surface area contributed by atoms with Crippen LogP contribution in [0.15, 0.2) is 0 Å². The average Bonchev–Trinajstić information content (AvgIpc) is 2.87. The smallest absolute Gasteiger partial charge is 0.225 e. The minimum Gasteiger partial charge on any atom is -0.390 e. The van der Waals surface area contributed by atoms with Crippen LogP contribution in [0.3, 0.4) is 0 Å². The van der Waals surface area contributed by atoms with Gasteiger partial charge >= 0.3 is 0 Å². The Morgan fingerprint density at radius 1 is 1.15 bits per heavy atom. The summed E-state index contributed by atoms with van der Waals surface area (Å²) in [4.78, 5) is 14.9. The Hall–Kier alpha value is -0.570. The Morgan fingerprint density at radius 2 is 1.75 bits per heavy atom. The highest BCUT2D eigenvalue weighted by Gasteiger charge is 2.60. The first-order valence-electron chi connectivity index (χ1n) is 8.51. The van der Waals surface area contributed by atoms with Crippen LogP contribution in [0.5, 0.6) is 0 Å². The maximum Gasteiger partial charge on any atom is 0.225 e. The van der Waals surface area contributed by atoms with Crippen LogP contribution in [0, 0.1) is 23.2 Å². The van der Waals surface area contributed by atoms with E-state index in [0.29, 0.717) is 17.7 Å². The van der Waals surface area contributed by atoms with Gasteiger partial charge in [0, 0.05) is 19.0 Å². The number of rotatable bonds is 2. The second-order valence-corrected chi connectivity index (χ2v) is 8.30.